The Hall–Kier alpha value is -3.60. The number of ether oxygens (including phenoxy) is 2. The second-order valence-electron chi connectivity index (χ2n) is 6.56. The molecule has 0 saturated carbocycles. The topological polar surface area (TPSA) is 74.4 Å². The van der Waals surface area contributed by atoms with Crippen LogP contribution in [0.5, 0.6) is 11.5 Å². The first-order valence-electron chi connectivity index (χ1n) is 9.07. The maximum absolute atomic E-state index is 12.8. The number of Topliss-reactive ketones (excluding diaryl/α,β-unsaturated/α-hetero) is 1. The van der Waals surface area contributed by atoms with Crippen molar-refractivity contribution < 1.29 is 14.3 Å². The van der Waals surface area contributed by atoms with Crippen molar-refractivity contribution in [3.8, 4) is 11.5 Å². The third kappa shape index (κ3) is 4.04. The van der Waals surface area contributed by atoms with Crippen LogP contribution in [0.2, 0.25) is 0 Å². The fourth-order valence-electron chi connectivity index (χ4n) is 3.11. The first-order chi connectivity index (χ1) is 13.7. The molecule has 4 rings (SSSR count). The molecular formula is C23H20N2O3. The van der Waals surface area contributed by atoms with E-state index in [9.17, 15) is 4.79 Å². The van der Waals surface area contributed by atoms with E-state index in [1.807, 2.05) is 54.6 Å². The molecule has 2 aromatic carbocycles. The molecule has 0 unspecified atom stereocenters. The summed E-state index contributed by atoms with van der Waals surface area (Å²) in [7, 11) is 0. The molecule has 0 saturated heterocycles. The lowest BCUT2D eigenvalue weighted by Gasteiger charge is -2.07. The van der Waals surface area contributed by atoms with Gasteiger partial charge in [0.15, 0.2) is 17.3 Å². The third-order valence-electron chi connectivity index (χ3n) is 4.53. The average molecular weight is 372 g/mol. The summed E-state index contributed by atoms with van der Waals surface area (Å²) >= 11 is 0. The molecule has 0 bridgehead atoms. The number of nitrogens with two attached hydrogens (primary N) is 1. The second-order valence-corrected chi connectivity index (χ2v) is 6.56. The minimum Gasteiger partial charge on any atom is -0.454 e. The zero-order valence-corrected chi connectivity index (χ0v) is 15.3. The lowest BCUT2D eigenvalue weighted by Crippen LogP contribution is -2.07. The smallest absolute Gasteiger partial charge is 0.231 e. The van der Waals surface area contributed by atoms with Crippen LogP contribution in [0, 0.1) is 0 Å². The van der Waals surface area contributed by atoms with Crippen LogP contribution in [0.25, 0.3) is 6.08 Å². The molecule has 0 radical (unpaired) electrons. The predicted octanol–water partition coefficient (Wildman–Crippen LogP) is 4.07. The van der Waals surface area contributed by atoms with Gasteiger partial charge < -0.3 is 15.2 Å². The van der Waals surface area contributed by atoms with Gasteiger partial charge in [-0.2, -0.15) is 0 Å². The Kier molecular flexibility index (Phi) is 5.06. The molecule has 0 aliphatic carbocycles. The summed E-state index contributed by atoms with van der Waals surface area (Å²) in [6, 6.07) is 16.9. The maximum atomic E-state index is 12.8. The second kappa shape index (κ2) is 7.96. The lowest BCUT2D eigenvalue weighted by molar-refractivity contribution is 0.0992. The van der Waals surface area contributed by atoms with Crippen molar-refractivity contribution in [3.05, 3.63) is 89.3 Å². The SMILES string of the molecule is Nc1ccc(/C=C/Cc2ccc3c(c2)OCO3)c(C(=O)Cc2ccccn2)c1. The number of rotatable bonds is 6. The number of hydrogen-bond donors (Lipinski definition) is 1. The molecule has 0 atom stereocenters. The van der Waals surface area contributed by atoms with Gasteiger partial charge in [0.1, 0.15) is 0 Å². The number of nitrogen functional groups attached to an aromatic ring is 1. The number of ketones is 1. The molecule has 1 aliphatic heterocycles. The highest BCUT2D eigenvalue weighted by atomic mass is 16.7. The van der Waals surface area contributed by atoms with Crippen molar-refractivity contribution in [3.63, 3.8) is 0 Å². The molecule has 0 fully saturated rings. The van der Waals surface area contributed by atoms with E-state index in [4.69, 9.17) is 15.2 Å². The number of hydrogen-bond acceptors (Lipinski definition) is 5. The van der Waals surface area contributed by atoms with Crippen LogP contribution in [0.4, 0.5) is 5.69 Å². The first kappa shape index (κ1) is 17.8. The molecule has 2 N–H and O–H groups in total. The third-order valence-corrected chi connectivity index (χ3v) is 4.53. The Morgan fingerprint density at radius 3 is 2.82 bits per heavy atom. The van der Waals surface area contributed by atoms with E-state index in [-0.39, 0.29) is 19.0 Å². The lowest BCUT2D eigenvalue weighted by atomic mass is 9.98. The standard InChI is InChI=1S/C23H20N2O3/c24-18-9-8-17(20(13-18)21(26)14-19-6-1-2-11-25-19)5-3-4-16-7-10-22-23(12-16)28-15-27-22/h1-3,5-13H,4,14-15,24H2/b5-3+. The van der Waals surface area contributed by atoms with Crippen LogP contribution in [-0.2, 0) is 12.8 Å². The zero-order chi connectivity index (χ0) is 19.3. The molecule has 5 nitrogen and oxygen atoms in total. The molecule has 28 heavy (non-hydrogen) atoms. The number of carbonyl (C=O) groups is 1. The Balaban J connectivity index is 1.51. The largest absolute Gasteiger partial charge is 0.454 e. The number of benzene rings is 2. The fourth-order valence-corrected chi connectivity index (χ4v) is 3.11. The van der Waals surface area contributed by atoms with Crippen LogP contribution >= 0.6 is 0 Å². The number of nitrogens with zero attached hydrogens (tertiary/aromatic N) is 1. The summed E-state index contributed by atoms with van der Waals surface area (Å²) < 4.78 is 10.7. The van der Waals surface area contributed by atoms with Crippen LogP contribution in [0.1, 0.15) is 27.2 Å². The Morgan fingerprint density at radius 2 is 1.96 bits per heavy atom. The van der Waals surface area contributed by atoms with Gasteiger partial charge >= 0.3 is 0 Å². The maximum Gasteiger partial charge on any atom is 0.231 e. The van der Waals surface area contributed by atoms with Crippen molar-refractivity contribution in [2.24, 2.45) is 0 Å². The van der Waals surface area contributed by atoms with Crippen LogP contribution in [-0.4, -0.2) is 17.6 Å². The number of carbonyl (C=O) groups excluding carboxylic acids is 1. The van der Waals surface area contributed by atoms with Gasteiger partial charge in [0.05, 0.1) is 6.42 Å². The van der Waals surface area contributed by atoms with Gasteiger partial charge in [-0.25, -0.2) is 0 Å². The summed E-state index contributed by atoms with van der Waals surface area (Å²) in [5, 5.41) is 0. The van der Waals surface area contributed by atoms with Gasteiger partial charge in [-0.1, -0.05) is 30.4 Å². The molecule has 5 heteroatoms. The van der Waals surface area contributed by atoms with E-state index >= 15 is 0 Å². The molecule has 1 aromatic heterocycles. The number of fused-ring (bicyclic) bond motifs is 1. The van der Waals surface area contributed by atoms with E-state index in [2.05, 4.69) is 4.98 Å². The van der Waals surface area contributed by atoms with E-state index in [1.54, 1.807) is 18.3 Å². The van der Waals surface area contributed by atoms with E-state index < -0.39 is 0 Å². The Labute approximate surface area is 163 Å². The number of aromatic nitrogens is 1. The summed E-state index contributed by atoms with van der Waals surface area (Å²) in [5.41, 5.74) is 9.78. The molecule has 2 heterocycles. The van der Waals surface area contributed by atoms with Crippen LogP contribution < -0.4 is 15.2 Å². The molecule has 0 spiro atoms. The minimum absolute atomic E-state index is 0.00581. The fraction of sp³-hybridized carbons (Fsp3) is 0.130. The summed E-state index contributed by atoms with van der Waals surface area (Å²) in [4.78, 5) is 17.0. The van der Waals surface area contributed by atoms with Crippen molar-refractivity contribution in [1.29, 1.82) is 0 Å². The van der Waals surface area contributed by atoms with E-state index in [1.165, 1.54) is 0 Å². The highest BCUT2D eigenvalue weighted by Crippen LogP contribution is 2.32. The number of allylic oxidation sites excluding steroid dienone is 1. The summed E-state index contributed by atoms with van der Waals surface area (Å²) in [6.45, 7) is 0.266. The Morgan fingerprint density at radius 1 is 1.07 bits per heavy atom. The number of pyridine rings is 1. The quantitative estimate of drug-likeness (QED) is 0.521. The molecule has 0 amide bonds. The van der Waals surface area contributed by atoms with Crippen LogP contribution in [0.15, 0.2) is 66.9 Å². The van der Waals surface area contributed by atoms with Gasteiger partial charge in [-0.15, -0.1) is 0 Å². The van der Waals surface area contributed by atoms with Crippen molar-refractivity contribution in [1.82, 2.24) is 4.98 Å². The highest BCUT2D eigenvalue weighted by Gasteiger charge is 2.13. The van der Waals surface area contributed by atoms with Gasteiger partial charge in [0.2, 0.25) is 6.79 Å². The highest BCUT2D eigenvalue weighted by molar-refractivity contribution is 6.01. The zero-order valence-electron chi connectivity index (χ0n) is 15.3. The van der Waals surface area contributed by atoms with Gasteiger partial charge in [0, 0.05) is 23.1 Å². The van der Waals surface area contributed by atoms with Gasteiger partial charge in [-0.05, 0) is 53.9 Å². The first-order valence-corrected chi connectivity index (χ1v) is 9.07. The molecule has 1 aliphatic rings. The van der Waals surface area contributed by atoms with Gasteiger partial charge in [-0.3, -0.25) is 9.78 Å². The average Bonchev–Trinajstić information content (AvgIpc) is 3.17. The predicted molar refractivity (Wildman–Crippen MR) is 108 cm³/mol. The normalized spacial score (nSPS) is 12.4. The monoisotopic (exact) mass is 372 g/mol. The van der Waals surface area contributed by atoms with E-state index in [0.717, 1.165) is 34.7 Å². The van der Waals surface area contributed by atoms with Gasteiger partial charge in [0.25, 0.3) is 0 Å². The molecular weight excluding hydrogens is 352 g/mol. The van der Waals surface area contributed by atoms with Crippen molar-refractivity contribution in [2.75, 3.05) is 12.5 Å². The summed E-state index contributed by atoms with van der Waals surface area (Å²) in [5.74, 6) is 1.53. The Bertz CT molecular complexity index is 1030. The van der Waals surface area contributed by atoms with E-state index in [0.29, 0.717) is 11.3 Å². The molecule has 3 aromatic rings. The minimum atomic E-state index is -0.00581. The van der Waals surface area contributed by atoms with Crippen LogP contribution in [0.3, 0.4) is 0 Å². The molecule has 140 valence electrons. The van der Waals surface area contributed by atoms with Crippen molar-refractivity contribution >= 4 is 17.5 Å². The number of anilines is 1. The van der Waals surface area contributed by atoms with Crippen molar-refractivity contribution in [2.45, 2.75) is 12.8 Å². The summed E-state index contributed by atoms with van der Waals surface area (Å²) in [6.07, 6.45) is 6.63.